The van der Waals surface area contributed by atoms with Crippen LogP contribution in [0.4, 0.5) is 13.2 Å². The van der Waals surface area contributed by atoms with E-state index >= 15 is 0 Å². The number of rotatable bonds is 5. The van der Waals surface area contributed by atoms with Gasteiger partial charge in [-0.2, -0.15) is 18.2 Å². The number of hydrogen-bond donors (Lipinski definition) is 0. The van der Waals surface area contributed by atoms with Crippen molar-refractivity contribution in [3.05, 3.63) is 35.7 Å². The van der Waals surface area contributed by atoms with E-state index in [2.05, 4.69) is 10.1 Å². The Hall–Kier alpha value is -2.03. The standard InChI is InChI=1S/C19H20F3N3O2S/c20-19(21,22)14-5-3-4-12(8-14)17-23-18(27-24-17)13-9-25(10-13)16(26)11-28-15-6-1-2-7-15/h3-5,8,13,15H,1-2,6-7,9-11H2. The minimum absolute atomic E-state index is 0.0625. The molecule has 0 bridgehead atoms. The third kappa shape index (κ3) is 4.19. The fourth-order valence-electron chi connectivity index (χ4n) is 3.53. The fourth-order valence-corrected chi connectivity index (χ4v) is 4.75. The lowest BCUT2D eigenvalue weighted by Gasteiger charge is -2.37. The summed E-state index contributed by atoms with van der Waals surface area (Å²) in [6.45, 7) is 1.02. The van der Waals surface area contributed by atoms with Gasteiger partial charge in [-0.1, -0.05) is 30.1 Å². The smallest absolute Gasteiger partial charge is 0.340 e. The van der Waals surface area contributed by atoms with Crippen LogP contribution in [0.5, 0.6) is 0 Å². The first-order valence-corrected chi connectivity index (χ1v) is 10.4. The summed E-state index contributed by atoms with van der Waals surface area (Å²) in [6.07, 6.45) is 0.474. The average molecular weight is 411 g/mol. The van der Waals surface area contributed by atoms with Crippen LogP contribution in [-0.2, 0) is 11.0 Å². The maximum atomic E-state index is 12.9. The maximum Gasteiger partial charge on any atom is 0.416 e. The monoisotopic (exact) mass is 411 g/mol. The molecule has 0 atom stereocenters. The van der Waals surface area contributed by atoms with E-state index in [1.165, 1.54) is 37.8 Å². The largest absolute Gasteiger partial charge is 0.416 e. The lowest BCUT2D eigenvalue weighted by atomic mass is 10.0. The molecule has 2 fully saturated rings. The normalized spacial score (nSPS) is 18.5. The summed E-state index contributed by atoms with van der Waals surface area (Å²) in [6, 6.07) is 4.84. The average Bonchev–Trinajstić information content (AvgIpc) is 3.30. The van der Waals surface area contributed by atoms with Gasteiger partial charge in [0.1, 0.15) is 0 Å². The molecule has 28 heavy (non-hydrogen) atoms. The van der Waals surface area contributed by atoms with Gasteiger partial charge in [0.2, 0.25) is 17.6 Å². The van der Waals surface area contributed by atoms with Gasteiger partial charge < -0.3 is 9.42 Å². The second kappa shape index (κ2) is 7.77. The van der Waals surface area contributed by atoms with Crippen LogP contribution in [0.2, 0.25) is 0 Å². The number of hydrogen-bond acceptors (Lipinski definition) is 5. The molecule has 0 spiro atoms. The molecule has 2 aliphatic rings. The van der Waals surface area contributed by atoms with Gasteiger partial charge >= 0.3 is 6.18 Å². The van der Waals surface area contributed by atoms with Crippen molar-refractivity contribution in [2.75, 3.05) is 18.8 Å². The Balaban J connectivity index is 1.33. The molecular weight excluding hydrogens is 391 g/mol. The van der Waals surface area contributed by atoms with E-state index in [1.807, 2.05) is 0 Å². The van der Waals surface area contributed by atoms with Crippen LogP contribution < -0.4 is 0 Å². The van der Waals surface area contributed by atoms with Gasteiger partial charge in [0, 0.05) is 23.9 Å². The number of nitrogens with zero attached hydrogens (tertiary/aromatic N) is 3. The molecule has 0 radical (unpaired) electrons. The van der Waals surface area contributed by atoms with Crippen molar-refractivity contribution in [1.82, 2.24) is 15.0 Å². The van der Waals surface area contributed by atoms with Gasteiger partial charge in [0.15, 0.2) is 0 Å². The number of halogens is 3. The Morgan fingerprint density at radius 3 is 2.71 bits per heavy atom. The van der Waals surface area contributed by atoms with Crippen LogP contribution in [0.15, 0.2) is 28.8 Å². The van der Waals surface area contributed by atoms with Crippen LogP contribution in [0.25, 0.3) is 11.4 Å². The van der Waals surface area contributed by atoms with Crippen molar-refractivity contribution in [2.45, 2.75) is 43.0 Å². The topological polar surface area (TPSA) is 59.2 Å². The number of likely N-dealkylation sites (tertiary alicyclic amines) is 1. The van der Waals surface area contributed by atoms with E-state index in [0.717, 1.165) is 12.1 Å². The highest BCUT2D eigenvalue weighted by molar-refractivity contribution is 8.00. The molecule has 9 heteroatoms. The van der Waals surface area contributed by atoms with Gasteiger partial charge in [-0.3, -0.25) is 4.79 Å². The van der Waals surface area contributed by atoms with Gasteiger partial charge in [-0.25, -0.2) is 0 Å². The summed E-state index contributed by atoms with van der Waals surface area (Å²) in [7, 11) is 0. The molecule has 1 amide bonds. The minimum Gasteiger partial charge on any atom is -0.340 e. The molecule has 1 aromatic carbocycles. The molecule has 4 rings (SSSR count). The molecule has 1 aliphatic carbocycles. The number of amides is 1. The Labute approximate surface area is 164 Å². The van der Waals surface area contributed by atoms with E-state index in [4.69, 9.17) is 4.52 Å². The molecule has 1 saturated carbocycles. The van der Waals surface area contributed by atoms with Crippen molar-refractivity contribution in [2.24, 2.45) is 0 Å². The second-order valence-electron chi connectivity index (χ2n) is 7.25. The summed E-state index contributed by atoms with van der Waals surface area (Å²) in [5, 5.41) is 4.41. The fraction of sp³-hybridized carbons (Fsp3) is 0.526. The summed E-state index contributed by atoms with van der Waals surface area (Å²) in [5.41, 5.74) is -0.499. The summed E-state index contributed by atoms with van der Waals surface area (Å²) in [4.78, 5) is 18.3. The summed E-state index contributed by atoms with van der Waals surface area (Å²) < 4.78 is 43.8. The third-order valence-corrected chi connectivity index (χ3v) is 6.57. The number of carbonyl (C=O) groups is 1. The predicted molar refractivity (Wildman–Crippen MR) is 98.8 cm³/mol. The minimum atomic E-state index is -4.42. The van der Waals surface area contributed by atoms with Crippen molar-refractivity contribution in [3.8, 4) is 11.4 Å². The zero-order valence-electron chi connectivity index (χ0n) is 15.1. The zero-order valence-corrected chi connectivity index (χ0v) is 15.9. The first-order valence-electron chi connectivity index (χ1n) is 9.31. The molecule has 0 N–H and O–H groups in total. The first-order chi connectivity index (χ1) is 13.4. The number of carbonyl (C=O) groups excluding carboxylic acids is 1. The number of alkyl halides is 3. The molecule has 1 saturated heterocycles. The van der Waals surface area contributed by atoms with Gasteiger partial charge in [-0.15, -0.1) is 11.8 Å². The van der Waals surface area contributed by atoms with Gasteiger partial charge in [-0.05, 0) is 25.0 Å². The van der Waals surface area contributed by atoms with E-state index in [0.29, 0.717) is 30.0 Å². The molecule has 1 aromatic heterocycles. The van der Waals surface area contributed by atoms with Crippen molar-refractivity contribution in [1.29, 1.82) is 0 Å². The highest BCUT2D eigenvalue weighted by Crippen LogP contribution is 2.33. The van der Waals surface area contributed by atoms with Crippen LogP contribution in [-0.4, -0.2) is 45.0 Å². The van der Waals surface area contributed by atoms with E-state index in [9.17, 15) is 18.0 Å². The van der Waals surface area contributed by atoms with E-state index in [-0.39, 0.29) is 23.2 Å². The molecule has 2 aromatic rings. The van der Waals surface area contributed by atoms with Crippen LogP contribution in [0.1, 0.15) is 43.1 Å². The Morgan fingerprint density at radius 1 is 1.25 bits per heavy atom. The highest BCUT2D eigenvalue weighted by Gasteiger charge is 2.36. The van der Waals surface area contributed by atoms with Crippen LogP contribution in [0, 0.1) is 0 Å². The van der Waals surface area contributed by atoms with Crippen molar-refractivity contribution >= 4 is 17.7 Å². The van der Waals surface area contributed by atoms with Crippen molar-refractivity contribution < 1.29 is 22.5 Å². The molecule has 5 nitrogen and oxygen atoms in total. The maximum absolute atomic E-state index is 12.9. The molecule has 2 heterocycles. The number of thioether (sulfide) groups is 1. The first kappa shape index (κ1) is 19.3. The van der Waals surface area contributed by atoms with Crippen LogP contribution in [0.3, 0.4) is 0 Å². The molecular formula is C19H20F3N3O2S. The van der Waals surface area contributed by atoms with Crippen molar-refractivity contribution in [3.63, 3.8) is 0 Å². The van der Waals surface area contributed by atoms with Gasteiger partial charge in [0.05, 0.1) is 17.2 Å². The summed E-state index contributed by atoms with van der Waals surface area (Å²) >= 11 is 1.74. The number of benzene rings is 1. The SMILES string of the molecule is O=C(CSC1CCCC1)N1CC(c2nc(-c3cccc(C(F)(F)F)c3)no2)C1. The molecule has 0 unspecified atom stereocenters. The van der Waals surface area contributed by atoms with Crippen LogP contribution >= 0.6 is 11.8 Å². The lowest BCUT2D eigenvalue weighted by Crippen LogP contribution is -2.49. The summed E-state index contributed by atoms with van der Waals surface area (Å²) in [5.74, 6) is 1.04. The van der Waals surface area contributed by atoms with E-state index in [1.54, 1.807) is 16.7 Å². The third-order valence-electron chi connectivity index (χ3n) is 5.22. The Bertz CT molecular complexity index is 843. The molecule has 1 aliphatic heterocycles. The second-order valence-corrected chi connectivity index (χ2v) is 8.54. The Morgan fingerprint density at radius 2 is 2.00 bits per heavy atom. The number of aromatic nitrogens is 2. The quantitative estimate of drug-likeness (QED) is 0.732. The zero-order chi connectivity index (χ0) is 19.7. The predicted octanol–water partition coefficient (Wildman–Crippen LogP) is 4.36. The van der Waals surface area contributed by atoms with Gasteiger partial charge in [0.25, 0.3) is 0 Å². The highest BCUT2D eigenvalue weighted by atomic mass is 32.2. The lowest BCUT2D eigenvalue weighted by molar-refractivity contribution is -0.137. The van der Waals surface area contributed by atoms with E-state index < -0.39 is 11.7 Å². The molecule has 150 valence electrons. The Kier molecular flexibility index (Phi) is 5.35.